The number of carboxylic acids is 1. The monoisotopic (exact) mass is 665 g/mol. The number of aliphatic hydroxyl groups excluding tert-OH is 3. The van der Waals surface area contributed by atoms with Crippen molar-refractivity contribution in [2.45, 2.75) is 70.4 Å². The number of esters is 1. The minimum absolute atomic E-state index is 0.00147. The molecule has 0 aromatic heterocycles. The number of carbonyl (C=O) groups excluding carboxylic acids is 5. The molecule has 1 aromatic rings. The lowest BCUT2D eigenvalue weighted by Crippen LogP contribution is -2.61. The van der Waals surface area contributed by atoms with Gasteiger partial charge in [-0.1, -0.05) is 19.9 Å². The SMILES string of the molecule is CC(C)C(=O)OCc1ccc(O[C@@H]2O[C@H](C(=O)O)[C@@H](O)[C@H](O)[C@H]2O)c(NC(=O)CCNC(=O)CCOCCCN2C(=O)C=CC2=O)c1. The van der Waals surface area contributed by atoms with Gasteiger partial charge in [0.05, 0.1) is 18.2 Å². The standard InChI is InChI=1S/C30H39N3O14/c1-16(2)29(43)45-15-17-4-5-19(46-30-26(40)24(38)25(39)27(47-30)28(41)42)18(14-17)32-21(35)8-10-31-20(34)9-13-44-12-3-11-33-22(36)6-7-23(33)37/h4-7,14,16,24-27,30,38-40H,3,8-13,15H2,1-2H3,(H,31,34)(H,32,35)(H,41,42)/t24-,25-,26+,27-,30+/m0/s1. The Morgan fingerprint density at radius 1 is 0.957 bits per heavy atom. The van der Waals surface area contributed by atoms with Crippen molar-refractivity contribution in [2.75, 3.05) is 31.6 Å². The third-order valence-corrected chi connectivity index (χ3v) is 6.95. The third-order valence-electron chi connectivity index (χ3n) is 6.95. The maximum atomic E-state index is 12.8. The van der Waals surface area contributed by atoms with E-state index in [1.165, 1.54) is 30.4 Å². The molecule has 1 saturated heterocycles. The molecule has 0 saturated carbocycles. The number of carbonyl (C=O) groups is 6. The van der Waals surface area contributed by atoms with E-state index in [9.17, 15) is 49.2 Å². The van der Waals surface area contributed by atoms with E-state index in [1.807, 2.05) is 0 Å². The molecule has 6 N–H and O–H groups in total. The van der Waals surface area contributed by atoms with Crippen LogP contribution in [-0.2, 0) is 49.6 Å². The Kier molecular flexibility index (Phi) is 13.8. The molecule has 3 rings (SSSR count). The molecule has 0 bridgehead atoms. The van der Waals surface area contributed by atoms with Crippen LogP contribution in [0.3, 0.4) is 0 Å². The largest absolute Gasteiger partial charge is 0.479 e. The second-order valence-electron chi connectivity index (χ2n) is 11.0. The Morgan fingerprint density at radius 2 is 1.66 bits per heavy atom. The van der Waals surface area contributed by atoms with Crippen molar-refractivity contribution in [1.82, 2.24) is 10.2 Å². The van der Waals surface area contributed by atoms with Crippen molar-refractivity contribution < 1.29 is 68.1 Å². The number of rotatable bonds is 17. The summed E-state index contributed by atoms with van der Waals surface area (Å²) < 4.78 is 21.4. The van der Waals surface area contributed by atoms with Crippen LogP contribution in [0.5, 0.6) is 5.75 Å². The number of nitrogens with zero attached hydrogens (tertiary/aromatic N) is 1. The van der Waals surface area contributed by atoms with Crippen LogP contribution < -0.4 is 15.4 Å². The Balaban J connectivity index is 1.52. The van der Waals surface area contributed by atoms with Gasteiger partial charge >= 0.3 is 11.9 Å². The molecule has 5 atom stereocenters. The first-order valence-electron chi connectivity index (χ1n) is 14.8. The molecule has 1 aromatic carbocycles. The number of ether oxygens (including phenoxy) is 4. The molecule has 0 aliphatic carbocycles. The molecule has 17 heteroatoms. The number of hydrogen-bond acceptors (Lipinski definition) is 13. The number of nitrogens with one attached hydrogen (secondary N) is 2. The molecular formula is C30H39N3O14. The zero-order valence-electron chi connectivity index (χ0n) is 25.8. The highest BCUT2D eigenvalue weighted by Crippen LogP contribution is 2.31. The van der Waals surface area contributed by atoms with Crippen molar-refractivity contribution in [3.8, 4) is 5.75 Å². The van der Waals surface area contributed by atoms with Crippen LogP contribution in [0.15, 0.2) is 30.4 Å². The second kappa shape index (κ2) is 17.5. The number of amides is 4. The van der Waals surface area contributed by atoms with E-state index in [0.717, 1.165) is 4.90 Å². The summed E-state index contributed by atoms with van der Waals surface area (Å²) in [7, 11) is 0. The van der Waals surface area contributed by atoms with Gasteiger partial charge < -0.3 is 50.0 Å². The van der Waals surface area contributed by atoms with Crippen LogP contribution in [0.1, 0.15) is 38.7 Å². The topological polar surface area (TPSA) is 248 Å². The zero-order chi connectivity index (χ0) is 34.7. The lowest BCUT2D eigenvalue weighted by atomic mass is 9.99. The molecule has 4 amide bonds. The summed E-state index contributed by atoms with van der Waals surface area (Å²) in [5.74, 6) is -4.28. The van der Waals surface area contributed by atoms with E-state index < -0.39 is 48.6 Å². The van der Waals surface area contributed by atoms with Gasteiger partial charge in [-0.3, -0.25) is 28.9 Å². The van der Waals surface area contributed by atoms with Crippen molar-refractivity contribution in [3.63, 3.8) is 0 Å². The fourth-order valence-electron chi connectivity index (χ4n) is 4.32. The summed E-state index contributed by atoms with van der Waals surface area (Å²) >= 11 is 0. The molecule has 0 radical (unpaired) electrons. The minimum Gasteiger partial charge on any atom is -0.479 e. The third kappa shape index (κ3) is 10.8. The van der Waals surface area contributed by atoms with Crippen LogP contribution >= 0.6 is 0 Å². The second-order valence-corrected chi connectivity index (χ2v) is 11.0. The first-order chi connectivity index (χ1) is 22.3. The molecule has 2 aliphatic rings. The maximum Gasteiger partial charge on any atom is 0.335 e. The predicted molar refractivity (Wildman–Crippen MR) is 158 cm³/mol. The van der Waals surface area contributed by atoms with Crippen molar-refractivity contribution in [3.05, 3.63) is 35.9 Å². The van der Waals surface area contributed by atoms with E-state index >= 15 is 0 Å². The highest BCUT2D eigenvalue weighted by atomic mass is 16.7. The molecule has 2 aliphatic heterocycles. The van der Waals surface area contributed by atoms with E-state index in [2.05, 4.69) is 10.6 Å². The number of aliphatic hydroxyl groups is 3. The zero-order valence-corrected chi connectivity index (χ0v) is 25.8. The van der Waals surface area contributed by atoms with Gasteiger partial charge in [0.1, 0.15) is 30.7 Å². The van der Waals surface area contributed by atoms with Gasteiger partial charge in [0.25, 0.3) is 11.8 Å². The predicted octanol–water partition coefficient (Wildman–Crippen LogP) is -1.18. The Bertz CT molecular complexity index is 1330. The van der Waals surface area contributed by atoms with Gasteiger partial charge in [0.15, 0.2) is 6.10 Å². The number of aliphatic carboxylic acids is 1. The number of hydrogen-bond donors (Lipinski definition) is 6. The molecule has 1 fully saturated rings. The summed E-state index contributed by atoms with van der Waals surface area (Å²) in [6.07, 6.45) is -6.76. The lowest BCUT2D eigenvalue weighted by Gasteiger charge is -2.38. The van der Waals surface area contributed by atoms with Crippen molar-refractivity contribution >= 4 is 41.3 Å². The number of carboxylic acid groups (broad SMARTS) is 1. The maximum absolute atomic E-state index is 12.8. The quantitative estimate of drug-likeness (QED) is 0.0652. The van der Waals surface area contributed by atoms with E-state index in [4.69, 9.17) is 18.9 Å². The van der Waals surface area contributed by atoms with Crippen LogP contribution in [0.25, 0.3) is 0 Å². The van der Waals surface area contributed by atoms with Crippen LogP contribution in [0.4, 0.5) is 5.69 Å². The van der Waals surface area contributed by atoms with Gasteiger partial charge in [-0.25, -0.2) is 4.79 Å². The molecule has 17 nitrogen and oxygen atoms in total. The minimum atomic E-state index is -1.93. The first kappa shape index (κ1) is 37.0. The number of imide groups is 1. The lowest BCUT2D eigenvalue weighted by molar-refractivity contribution is -0.271. The first-order valence-corrected chi connectivity index (χ1v) is 14.8. The van der Waals surface area contributed by atoms with Gasteiger partial charge in [-0.15, -0.1) is 0 Å². The summed E-state index contributed by atoms with van der Waals surface area (Å²) in [5, 5.41) is 44.9. The molecule has 2 heterocycles. The average Bonchev–Trinajstić information content (AvgIpc) is 3.34. The summed E-state index contributed by atoms with van der Waals surface area (Å²) in [6.45, 7) is 3.62. The van der Waals surface area contributed by atoms with Crippen molar-refractivity contribution in [2.24, 2.45) is 5.92 Å². The van der Waals surface area contributed by atoms with Crippen LogP contribution in [0.2, 0.25) is 0 Å². The molecule has 47 heavy (non-hydrogen) atoms. The Labute approximate surface area is 269 Å². The summed E-state index contributed by atoms with van der Waals surface area (Å²) in [6, 6.07) is 4.24. The molecule has 258 valence electrons. The summed E-state index contributed by atoms with van der Waals surface area (Å²) in [5.41, 5.74) is 0.457. The normalized spacial score (nSPS) is 22.3. The Hall–Kier alpha value is -4.42. The van der Waals surface area contributed by atoms with E-state index in [-0.39, 0.29) is 80.8 Å². The molecule has 0 unspecified atom stereocenters. The Morgan fingerprint density at radius 3 is 2.32 bits per heavy atom. The van der Waals surface area contributed by atoms with Gasteiger partial charge in [-0.2, -0.15) is 0 Å². The fourth-order valence-corrected chi connectivity index (χ4v) is 4.32. The van der Waals surface area contributed by atoms with Gasteiger partial charge in [0, 0.05) is 44.7 Å². The summed E-state index contributed by atoms with van der Waals surface area (Å²) in [4.78, 5) is 72.4. The van der Waals surface area contributed by atoms with Gasteiger partial charge in [-0.05, 0) is 24.1 Å². The smallest absolute Gasteiger partial charge is 0.335 e. The molecular weight excluding hydrogens is 626 g/mol. The van der Waals surface area contributed by atoms with E-state index in [0.29, 0.717) is 12.0 Å². The molecule has 0 spiro atoms. The highest BCUT2D eigenvalue weighted by molar-refractivity contribution is 6.12. The van der Waals surface area contributed by atoms with Crippen LogP contribution in [-0.4, -0.2) is 118 Å². The fraction of sp³-hybridized carbons (Fsp3) is 0.533. The average molecular weight is 666 g/mol. The van der Waals surface area contributed by atoms with Gasteiger partial charge in [0.2, 0.25) is 18.1 Å². The number of anilines is 1. The highest BCUT2D eigenvalue weighted by Gasteiger charge is 2.48. The van der Waals surface area contributed by atoms with E-state index in [1.54, 1.807) is 13.8 Å². The van der Waals surface area contributed by atoms with Crippen molar-refractivity contribution in [1.29, 1.82) is 0 Å². The number of benzene rings is 1. The van der Waals surface area contributed by atoms with Crippen LogP contribution in [0, 0.1) is 5.92 Å².